The number of rotatable bonds is 5. The molecule has 0 atom stereocenters. The maximum Gasteiger partial charge on any atom is 0.272 e. The van der Waals surface area contributed by atoms with E-state index in [1.54, 1.807) is 24.1 Å². The van der Waals surface area contributed by atoms with E-state index in [-0.39, 0.29) is 16.5 Å². The van der Waals surface area contributed by atoms with E-state index in [0.717, 1.165) is 32.1 Å². The zero-order valence-electron chi connectivity index (χ0n) is 18.0. The van der Waals surface area contributed by atoms with Crippen LogP contribution in [-0.2, 0) is 17.1 Å². The SMILES string of the molecule is Cn1cc(S(=O)(=O)N2CCCCC2)cc1C(=O)Nc1cc(Cl)ccc1C(=O)N1CCCC1. The third kappa shape index (κ3) is 4.55. The first-order chi connectivity index (χ1) is 15.3. The highest BCUT2D eigenvalue weighted by Crippen LogP contribution is 2.26. The number of hydrogen-bond donors (Lipinski definition) is 1. The van der Waals surface area contributed by atoms with Gasteiger partial charge in [-0.05, 0) is 49.9 Å². The van der Waals surface area contributed by atoms with Crippen LogP contribution >= 0.6 is 11.6 Å². The van der Waals surface area contributed by atoms with Crippen molar-refractivity contribution in [2.24, 2.45) is 7.05 Å². The summed E-state index contributed by atoms with van der Waals surface area (Å²) in [5.74, 6) is -0.667. The average molecular weight is 479 g/mol. The number of sulfonamides is 1. The van der Waals surface area contributed by atoms with Gasteiger partial charge in [0.1, 0.15) is 10.6 Å². The molecule has 4 rings (SSSR count). The predicted octanol–water partition coefficient (Wildman–Crippen LogP) is 3.34. The number of aryl methyl sites for hydroxylation is 1. The monoisotopic (exact) mass is 478 g/mol. The highest BCUT2D eigenvalue weighted by molar-refractivity contribution is 7.89. The summed E-state index contributed by atoms with van der Waals surface area (Å²) in [4.78, 5) is 27.8. The predicted molar refractivity (Wildman–Crippen MR) is 123 cm³/mol. The summed E-state index contributed by atoms with van der Waals surface area (Å²) in [6, 6.07) is 6.14. The zero-order valence-corrected chi connectivity index (χ0v) is 19.6. The lowest BCUT2D eigenvalue weighted by Gasteiger charge is -2.25. The van der Waals surface area contributed by atoms with Crippen molar-refractivity contribution < 1.29 is 18.0 Å². The van der Waals surface area contributed by atoms with E-state index < -0.39 is 15.9 Å². The minimum atomic E-state index is -3.66. The molecule has 2 fully saturated rings. The fourth-order valence-electron chi connectivity index (χ4n) is 4.24. The van der Waals surface area contributed by atoms with E-state index in [0.29, 0.717) is 42.5 Å². The van der Waals surface area contributed by atoms with Crippen molar-refractivity contribution in [1.82, 2.24) is 13.8 Å². The van der Waals surface area contributed by atoms with Crippen LogP contribution in [0.2, 0.25) is 5.02 Å². The van der Waals surface area contributed by atoms with Gasteiger partial charge in [-0.1, -0.05) is 18.0 Å². The molecule has 0 spiro atoms. The van der Waals surface area contributed by atoms with Crippen LogP contribution in [0.25, 0.3) is 0 Å². The Morgan fingerprint density at radius 3 is 2.31 bits per heavy atom. The summed E-state index contributed by atoms with van der Waals surface area (Å²) in [5.41, 5.74) is 0.848. The minimum Gasteiger partial charge on any atom is -0.345 e. The lowest BCUT2D eigenvalue weighted by molar-refractivity contribution is 0.0794. The Labute approximate surface area is 193 Å². The zero-order chi connectivity index (χ0) is 22.9. The van der Waals surface area contributed by atoms with E-state index in [9.17, 15) is 18.0 Å². The van der Waals surface area contributed by atoms with Gasteiger partial charge in [-0.15, -0.1) is 0 Å². The van der Waals surface area contributed by atoms with E-state index in [2.05, 4.69) is 5.32 Å². The number of nitrogens with zero attached hydrogens (tertiary/aromatic N) is 3. The van der Waals surface area contributed by atoms with Crippen molar-refractivity contribution in [3.8, 4) is 0 Å². The molecule has 1 aromatic heterocycles. The van der Waals surface area contributed by atoms with Crippen LogP contribution < -0.4 is 5.32 Å². The molecule has 0 bridgehead atoms. The van der Waals surface area contributed by atoms with E-state index >= 15 is 0 Å². The minimum absolute atomic E-state index is 0.0894. The number of benzene rings is 1. The number of carbonyl (C=O) groups is 2. The molecule has 0 saturated carbocycles. The third-order valence-electron chi connectivity index (χ3n) is 6.02. The van der Waals surface area contributed by atoms with Gasteiger partial charge in [0.25, 0.3) is 11.8 Å². The van der Waals surface area contributed by atoms with Gasteiger partial charge in [-0.25, -0.2) is 8.42 Å². The molecule has 10 heteroatoms. The van der Waals surface area contributed by atoms with Crippen molar-refractivity contribution in [2.75, 3.05) is 31.5 Å². The maximum absolute atomic E-state index is 13.1. The van der Waals surface area contributed by atoms with Crippen LogP contribution in [0.5, 0.6) is 0 Å². The molecule has 2 amide bonds. The van der Waals surface area contributed by atoms with Crippen LogP contribution in [0.3, 0.4) is 0 Å². The Bertz CT molecular complexity index is 1130. The molecule has 2 aliphatic heterocycles. The van der Waals surface area contributed by atoms with Crippen LogP contribution in [0.4, 0.5) is 5.69 Å². The second-order valence-corrected chi connectivity index (χ2v) is 10.7. The largest absolute Gasteiger partial charge is 0.345 e. The molecule has 172 valence electrons. The number of hydrogen-bond acceptors (Lipinski definition) is 4. The van der Waals surface area contributed by atoms with Crippen LogP contribution in [-0.4, -0.2) is 60.2 Å². The summed E-state index contributed by atoms with van der Waals surface area (Å²) in [6.07, 6.45) is 6.06. The number of piperidine rings is 1. The fraction of sp³-hybridized carbons (Fsp3) is 0.455. The van der Waals surface area contributed by atoms with Crippen molar-refractivity contribution in [3.05, 3.63) is 46.7 Å². The van der Waals surface area contributed by atoms with Gasteiger partial charge in [-0.3, -0.25) is 9.59 Å². The standard InChI is InChI=1S/C22H27ClN4O4S/c1-25-15-17(32(30,31)27-11-3-2-4-12-27)14-20(25)21(28)24-19-13-16(23)7-8-18(19)22(29)26-9-5-6-10-26/h7-8,13-15H,2-6,9-12H2,1H3,(H,24,28). The summed E-state index contributed by atoms with van der Waals surface area (Å²) in [6.45, 7) is 2.35. The van der Waals surface area contributed by atoms with Gasteiger partial charge < -0.3 is 14.8 Å². The quantitative estimate of drug-likeness (QED) is 0.713. The van der Waals surface area contributed by atoms with Gasteiger partial charge in [-0.2, -0.15) is 4.31 Å². The summed E-state index contributed by atoms with van der Waals surface area (Å²) in [5, 5.41) is 3.14. The second-order valence-electron chi connectivity index (χ2n) is 8.28. The molecule has 2 aromatic rings. The van der Waals surface area contributed by atoms with E-state index in [4.69, 9.17) is 11.6 Å². The summed E-state index contributed by atoms with van der Waals surface area (Å²) in [7, 11) is -2.04. The van der Waals surface area contributed by atoms with Crippen molar-refractivity contribution >= 4 is 39.1 Å². The molecular formula is C22H27ClN4O4S. The van der Waals surface area contributed by atoms with Gasteiger partial charge in [0.05, 0.1) is 11.3 Å². The van der Waals surface area contributed by atoms with Crippen molar-refractivity contribution in [1.29, 1.82) is 0 Å². The molecule has 8 nitrogen and oxygen atoms in total. The molecular weight excluding hydrogens is 452 g/mol. The highest BCUT2D eigenvalue weighted by atomic mass is 35.5. The van der Waals surface area contributed by atoms with Crippen LogP contribution in [0.15, 0.2) is 35.4 Å². The maximum atomic E-state index is 13.1. The first-order valence-electron chi connectivity index (χ1n) is 10.8. The number of carbonyl (C=O) groups excluding carboxylic acids is 2. The van der Waals surface area contributed by atoms with Gasteiger partial charge in [0.2, 0.25) is 10.0 Å². The lowest BCUT2D eigenvalue weighted by atomic mass is 10.1. The Hall–Kier alpha value is -2.36. The molecule has 1 aromatic carbocycles. The van der Waals surface area contributed by atoms with Crippen molar-refractivity contribution in [3.63, 3.8) is 0 Å². The number of nitrogens with one attached hydrogen (secondary N) is 1. The molecule has 2 saturated heterocycles. The fourth-order valence-corrected chi connectivity index (χ4v) is 6.00. The van der Waals surface area contributed by atoms with Gasteiger partial charge in [0, 0.05) is 44.4 Å². The van der Waals surface area contributed by atoms with Crippen LogP contribution in [0.1, 0.15) is 53.0 Å². The van der Waals surface area contributed by atoms with E-state index in [1.165, 1.54) is 27.2 Å². The number of likely N-dealkylation sites (tertiary alicyclic amines) is 1. The van der Waals surface area contributed by atoms with Crippen molar-refractivity contribution in [2.45, 2.75) is 37.0 Å². The molecule has 32 heavy (non-hydrogen) atoms. The topological polar surface area (TPSA) is 91.7 Å². The molecule has 0 radical (unpaired) electrons. The molecule has 3 heterocycles. The molecule has 0 aliphatic carbocycles. The second kappa shape index (κ2) is 9.25. The smallest absolute Gasteiger partial charge is 0.272 e. The third-order valence-corrected chi connectivity index (χ3v) is 8.12. The number of amides is 2. The Balaban J connectivity index is 1.59. The molecule has 2 aliphatic rings. The summed E-state index contributed by atoms with van der Waals surface area (Å²) < 4.78 is 28.9. The average Bonchev–Trinajstić information content (AvgIpc) is 3.44. The molecule has 0 unspecified atom stereocenters. The Kier molecular flexibility index (Phi) is 6.60. The van der Waals surface area contributed by atoms with Gasteiger partial charge >= 0.3 is 0 Å². The Morgan fingerprint density at radius 1 is 0.969 bits per heavy atom. The van der Waals surface area contributed by atoms with Crippen LogP contribution in [0, 0.1) is 0 Å². The number of halogens is 1. The first kappa shape index (κ1) is 22.8. The molecule has 1 N–H and O–H groups in total. The van der Waals surface area contributed by atoms with Gasteiger partial charge in [0.15, 0.2) is 0 Å². The summed E-state index contributed by atoms with van der Waals surface area (Å²) >= 11 is 6.13. The number of aromatic nitrogens is 1. The number of anilines is 1. The lowest BCUT2D eigenvalue weighted by Crippen LogP contribution is -2.35. The first-order valence-corrected chi connectivity index (χ1v) is 12.7. The normalized spacial score (nSPS) is 17.5. The van der Waals surface area contributed by atoms with E-state index in [1.807, 2.05) is 0 Å². The Morgan fingerprint density at radius 2 is 1.62 bits per heavy atom. The highest BCUT2D eigenvalue weighted by Gasteiger charge is 2.29.